The summed E-state index contributed by atoms with van der Waals surface area (Å²) in [6.45, 7) is 1.97. The maximum atomic E-state index is 10.9. The zero-order valence-corrected chi connectivity index (χ0v) is 9.99. The van der Waals surface area contributed by atoms with Gasteiger partial charge in [0, 0.05) is 0 Å². The van der Waals surface area contributed by atoms with Gasteiger partial charge < -0.3 is 0 Å². The van der Waals surface area contributed by atoms with Gasteiger partial charge in [0.2, 0.25) is 0 Å². The van der Waals surface area contributed by atoms with Gasteiger partial charge in [0.25, 0.3) is 0 Å². The Hall–Kier alpha value is -0.720. The molecule has 0 saturated heterocycles. The zero-order chi connectivity index (χ0) is 11.1. The lowest BCUT2D eigenvalue weighted by molar-refractivity contribution is 0.477. The summed E-state index contributed by atoms with van der Waals surface area (Å²) in [5, 5.41) is 0. The molecule has 0 aliphatic rings. The molecule has 1 rings (SSSR count). The molecular formula is C12H18O2P+. The first-order chi connectivity index (χ1) is 7.24. The molecule has 0 heterocycles. The summed E-state index contributed by atoms with van der Waals surface area (Å²) in [5.74, 6) is 0. The molecule has 1 aromatic rings. The van der Waals surface area contributed by atoms with Gasteiger partial charge in [-0.05, 0) is 35.8 Å². The molecule has 0 bridgehead atoms. The maximum absolute atomic E-state index is 10.9. The maximum Gasteiger partial charge on any atom is 0.508 e. The van der Waals surface area contributed by atoms with E-state index in [4.69, 9.17) is 4.89 Å². The van der Waals surface area contributed by atoms with Crippen molar-refractivity contribution in [3.05, 3.63) is 35.9 Å². The summed E-state index contributed by atoms with van der Waals surface area (Å²) >= 11 is 0. The molecule has 15 heavy (non-hydrogen) atoms. The number of rotatable bonds is 6. The first kappa shape index (κ1) is 12.4. The van der Waals surface area contributed by atoms with Gasteiger partial charge in [-0.3, -0.25) is 0 Å². The second-order valence-electron chi connectivity index (χ2n) is 3.74. The van der Waals surface area contributed by atoms with Crippen molar-refractivity contribution in [3.63, 3.8) is 0 Å². The van der Waals surface area contributed by atoms with Gasteiger partial charge in [-0.1, -0.05) is 37.3 Å². The summed E-state index contributed by atoms with van der Waals surface area (Å²) in [6.07, 6.45) is 3.63. The Morgan fingerprint density at radius 3 is 2.53 bits per heavy atom. The second-order valence-corrected chi connectivity index (χ2v) is 5.08. The molecule has 82 valence electrons. The van der Waals surface area contributed by atoms with Crippen LogP contribution in [-0.2, 0) is 11.0 Å². The van der Waals surface area contributed by atoms with Gasteiger partial charge in [-0.2, -0.15) is 4.89 Å². The first-order valence-corrected chi connectivity index (χ1v) is 6.71. The summed E-state index contributed by atoms with van der Waals surface area (Å²) < 4.78 is 10.9. The summed E-state index contributed by atoms with van der Waals surface area (Å²) in [4.78, 5) is 9.02. The highest BCUT2D eigenvalue weighted by Gasteiger charge is 2.25. The van der Waals surface area contributed by atoms with Crippen molar-refractivity contribution in [1.82, 2.24) is 0 Å². The van der Waals surface area contributed by atoms with Crippen LogP contribution in [0.5, 0.6) is 0 Å². The van der Waals surface area contributed by atoms with Gasteiger partial charge in [-0.15, -0.1) is 0 Å². The highest BCUT2D eigenvalue weighted by molar-refractivity contribution is 7.38. The van der Waals surface area contributed by atoms with Crippen molar-refractivity contribution in [1.29, 1.82) is 0 Å². The topological polar surface area (TPSA) is 37.3 Å². The van der Waals surface area contributed by atoms with Crippen LogP contribution in [0.25, 0.3) is 0 Å². The third-order valence-corrected chi connectivity index (χ3v) is 3.88. The van der Waals surface area contributed by atoms with Crippen molar-refractivity contribution in [3.8, 4) is 0 Å². The number of hydrogen-bond acceptors (Lipinski definition) is 1. The fourth-order valence-corrected chi connectivity index (χ4v) is 2.37. The Kier molecular flexibility index (Phi) is 5.52. The number of hydrogen-bond donors (Lipinski definition) is 1. The van der Waals surface area contributed by atoms with E-state index in [9.17, 15) is 4.57 Å². The normalized spacial score (nSPS) is 13.6. The molecule has 2 nitrogen and oxygen atoms in total. The van der Waals surface area contributed by atoms with Crippen LogP contribution in [0, 0.1) is 0 Å². The first-order valence-electron chi connectivity index (χ1n) is 5.43. The van der Waals surface area contributed by atoms with Crippen LogP contribution in [0.2, 0.25) is 0 Å². The van der Waals surface area contributed by atoms with Crippen LogP contribution in [0.3, 0.4) is 0 Å². The molecule has 0 fully saturated rings. The fourth-order valence-electron chi connectivity index (χ4n) is 1.66. The average Bonchev–Trinajstić information content (AvgIpc) is 2.25. The summed E-state index contributed by atoms with van der Waals surface area (Å²) in [7, 11) is -1.99. The smallest absolute Gasteiger partial charge is 0.161 e. The Morgan fingerprint density at radius 1 is 1.33 bits per heavy atom. The van der Waals surface area contributed by atoms with Gasteiger partial charge >= 0.3 is 8.03 Å². The Morgan fingerprint density at radius 2 is 2.00 bits per heavy atom. The summed E-state index contributed by atoms with van der Waals surface area (Å²) in [6, 6.07) is 10.3. The highest BCUT2D eigenvalue weighted by atomic mass is 31.1. The van der Waals surface area contributed by atoms with Crippen LogP contribution >= 0.6 is 8.03 Å². The fraction of sp³-hybridized carbons (Fsp3) is 0.500. The molecule has 0 spiro atoms. The minimum atomic E-state index is -1.99. The molecule has 1 aromatic carbocycles. The largest absolute Gasteiger partial charge is 0.508 e. The van der Waals surface area contributed by atoms with Crippen molar-refractivity contribution >= 4 is 8.03 Å². The lowest BCUT2D eigenvalue weighted by Gasteiger charge is -2.02. The van der Waals surface area contributed by atoms with Crippen LogP contribution in [0.15, 0.2) is 30.3 Å². The lowest BCUT2D eigenvalue weighted by atomic mass is 10.1. The Balaban J connectivity index is 2.30. The minimum absolute atomic E-state index is 0.0243. The molecule has 3 heteroatoms. The van der Waals surface area contributed by atoms with E-state index < -0.39 is 8.03 Å². The average molecular weight is 225 g/mol. The van der Waals surface area contributed by atoms with Crippen LogP contribution in [-0.4, -0.2) is 10.6 Å². The minimum Gasteiger partial charge on any atom is -0.161 e. The van der Waals surface area contributed by atoms with Crippen molar-refractivity contribution in [2.75, 3.05) is 0 Å². The van der Waals surface area contributed by atoms with E-state index in [2.05, 4.69) is 12.1 Å². The molecule has 0 amide bonds. The van der Waals surface area contributed by atoms with E-state index >= 15 is 0 Å². The van der Waals surface area contributed by atoms with E-state index in [1.54, 1.807) is 0 Å². The lowest BCUT2D eigenvalue weighted by Crippen LogP contribution is -2.01. The van der Waals surface area contributed by atoms with E-state index in [1.807, 2.05) is 25.1 Å². The van der Waals surface area contributed by atoms with Gasteiger partial charge in [-0.25, -0.2) is 0 Å². The SMILES string of the molecule is CCC(CCCc1ccccc1)[P+](=O)O. The molecule has 2 atom stereocenters. The molecule has 0 aliphatic heterocycles. The van der Waals surface area contributed by atoms with Gasteiger partial charge in [0.1, 0.15) is 0 Å². The third-order valence-electron chi connectivity index (χ3n) is 2.63. The van der Waals surface area contributed by atoms with Gasteiger partial charge in [0.05, 0.1) is 0 Å². The third kappa shape index (κ3) is 4.55. The standard InChI is InChI=1S/C12H17O2P/c1-2-12(15(13)14)10-6-9-11-7-4-3-5-8-11/h3-5,7-8,12H,2,6,9-10H2,1H3/p+1. The van der Waals surface area contributed by atoms with Crippen molar-refractivity contribution in [2.45, 2.75) is 38.3 Å². The van der Waals surface area contributed by atoms with Crippen LogP contribution in [0.4, 0.5) is 0 Å². The Labute approximate surface area is 92.2 Å². The molecule has 1 N–H and O–H groups in total. The molecule has 2 unspecified atom stereocenters. The quantitative estimate of drug-likeness (QED) is 0.752. The van der Waals surface area contributed by atoms with E-state index in [-0.39, 0.29) is 5.66 Å². The Bertz CT molecular complexity index is 298. The summed E-state index contributed by atoms with van der Waals surface area (Å²) in [5.41, 5.74) is 1.28. The van der Waals surface area contributed by atoms with E-state index in [0.717, 1.165) is 25.7 Å². The molecule has 0 aliphatic carbocycles. The predicted molar refractivity (Wildman–Crippen MR) is 63.3 cm³/mol. The van der Waals surface area contributed by atoms with Crippen molar-refractivity contribution < 1.29 is 9.46 Å². The highest BCUT2D eigenvalue weighted by Crippen LogP contribution is 2.29. The van der Waals surface area contributed by atoms with Gasteiger partial charge in [0.15, 0.2) is 5.66 Å². The number of aryl methyl sites for hydroxylation is 1. The second kappa shape index (κ2) is 6.71. The molecule has 0 saturated carbocycles. The van der Waals surface area contributed by atoms with E-state index in [0.29, 0.717) is 0 Å². The molecular weight excluding hydrogens is 207 g/mol. The molecule has 0 radical (unpaired) electrons. The monoisotopic (exact) mass is 225 g/mol. The zero-order valence-electron chi connectivity index (χ0n) is 9.10. The van der Waals surface area contributed by atoms with Crippen LogP contribution in [0.1, 0.15) is 31.7 Å². The van der Waals surface area contributed by atoms with E-state index in [1.165, 1.54) is 5.56 Å². The van der Waals surface area contributed by atoms with Crippen molar-refractivity contribution in [2.24, 2.45) is 0 Å². The number of benzene rings is 1. The van der Waals surface area contributed by atoms with Crippen LogP contribution < -0.4 is 0 Å². The predicted octanol–water partition coefficient (Wildman–Crippen LogP) is 3.52. The molecule has 0 aromatic heterocycles.